The molecule has 0 radical (unpaired) electrons. The highest BCUT2D eigenvalue weighted by atomic mass is 16.5. The minimum atomic E-state index is -0.930. The zero-order valence-corrected chi connectivity index (χ0v) is 16.6. The molecule has 0 aromatic heterocycles. The van der Waals surface area contributed by atoms with Crippen LogP contribution in [0.5, 0.6) is 0 Å². The first-order chi connectivity index (χ1) is 14.0. The van der Waals surface area contributed by atoms with E-state index in [4.69, 9.17) is 4.74 Å². The van der Waals surface area contributed by atoms with Gasteiger partial charge in [0.05, 0.1) is 6.42 Å². The van der Waals surface area contributed by atoms with Crippen LogP contribution < -0.4 is 5.32 Å². The van der Waals surface area contributed by atoms with Crippen LogP contribution >= 0.6 is 0 Å². The number of likely N-dealkylation sites (tertiary alicyclic amines) is 1. The van der Waals surface area contributed by atoms with Crippen LogP contribution in [0.1, 0.15) is 43.4 Å². The van der Waals surface area contributed by atoms with Gasteiger partial charge in [0.25, 0.3) is 5.91 Å². The van der Waals surface area contributed by atoms with Crippen molar-refractivity contribution in [1.82, 2.24) is 4.90 Å². The molecule has 29 heavy (non-hydrogen) atoms. The summed E-state index contributed by atoms with van der Waals surface area (Å²) in [7, 11) is 0. The van der Waals surface area contributed by atoms with Crippen LogP contribution in [0.2, 0.25) is 0 Å². The van der Waals surface area contributed by atoms with Crippen molar-refractivity contribution in [3.63, 3.8) is 0 Å². The normalized spacial score (nSPS) is 14.7. The SMILES string of the molecule is CC(=O)Nc1ccc(CC(=O)O[C@H](C(=O)N2CCCCC2)c2ccccc2)cc1. The molecule has 152 valence electrons. The molecule has 6 heteroatoms. The number of hydrogen-bond donors (Lipinski definition) is 1. The van der Waals surface area contributed by atoms with Gasteiger partial charge in [-0.1, -0.05) is 42.5 Å². The van der Waals surface area contributed by atoms with E-state index in [1.807, 2.05) is 30.3 Å². The van der Waals surface area contributed by atoms with E-state index in [0.29, 0.717) is 24.3 Å². The zero-order valence-electron chi connectivity index (χ0n) is 16.6. The Balaban J connectivity index is 1.69. The minimum absolute atomic E-state index is 0.0525. The number of ether oxygens (including phenoxy) is 1. The standard InChI is InChI=1S/C23H26N2O4/c1-17(26)24-20-12-10-18(11-13-20)16-21(27)29-22(19-8-4-2-5-9-19)23(28)25-14-6-3-7-15-25/h2,4-5,8-13,22H,3,6-7,14-16H2,1H3,(H,24,26)/t22-/m0/s1. The van der Waals surface area contributed by atoms with Crippen molar-refractivity contribution in [3.8, 4) is 0 Å². The lowest BCUT2D eigenvalue weighted by Crippen LogP contribution is -2.40. The second kappa shape index (κ2) is 9.87. The predicted molar refractivity (Wildman–Crippen MR) is 110 cm³/mol. The third-order valence-corrected chi connectivity index (χ3v) is 4.87. The fraction of sp³-hybridized carbons (Fsp3) is 0.348. The van der Waals surface area contributed by atoms with Crippen LogP contribution in [0.4, 0.5) is 5.69 Å². The molecule has 0 spiro atoms. The number of rotatable bonds is 6. The number of carbonyl (C=O) groups is 3. The summed E-state index contributed by atoms with van der Waals surface area (Å²) in [5.41, 5.74) is 2.09. The lowest BCUT2D eigenvalue weighted by Gasteiger charge is -2.30. The van der Waals surface area contributed by atoms with Crippen molar-refractivity contribution < 1.29 is 19.1 Å². The Labute approximate surface area is 170 Å². The first-order valence-electron chi connectivity index (χ1n) is 9.92. The van der Waals surface area contributed by atoms with Crippen molar-refractivity contribution >= 4 is 23.5 Å². The number of benzene rings is 2. The number of nitrogens with zero attached hydrogens (tertiary/aromatic N) is 1. The highest BCUT2D eigenvalue weighted by Crippen LogP contribution is 2.23. The van der Waals surface area contributed by atoms with Crippen molar-refractivity contribution in [2.24, 2.45) is 0 Å². The summed E-state index contributed by atoms with van der Waals surface area (Å²) in [5, 5.41) is 2.69. The Morgan fingerprint density at radius 1 is 0.966 bits per heavy atom. The summed E-state index contributed by atoms with van der Waals surface area (Å²) in [5.74, 6) is -0.777. The zero-order chi connectivity index (χ0) is 20.6. The molecule has 1 N–H and O–H groups in total. The topological polar surface area (TPSA) is 75.7 Å². The van der Waals surface area contributed by atoms with Crippen LogP contribution in [0.25, 0.3) is 0 Å². The molecule has 0 bridgehead atoms. The lowest BCUT2D eigenvalue weighted by atomic mass is 10.1. The van der Waals surface area contributed by atoms with E-state index >= 15 is 0 Å². The molecule has 3 rings (SSSR count). The number of nitrogens with one attached hydrogen (secondary N) is 1. The lowest BCUT2D eigenvalue weighted by molar-refractivity contribution is -0.160. The van der Waals surface area contributed by atoms with E-state index < -0.39 is 12.1 Å². The van der Waals surface area contributed by atoms with E-state index in [9.17, 15) is 14.4 Å². The van der Waals surface area contributed by atoms with Gasteiger partial charge in [-0.15, -0.1) is 0 Å². The van der Waals surface area contributed by atoms with Crippen LogP contribution in [-0.2, 0) is 25.5 Å². The van der Waals surface area contributed by atoms with Crippen LogP contribution in [-0.4, -0.2) is 35.8 Å². The number of amides is 2. The maximum Gasteiger partial charge on any atom is 0.311 e. The smallest absolute Gasteiger partial charge is 0.311 e. The Morgan fingerprint density at radius 3 is 2.24 bits per heavy atom. The van der Waals surface area contributed by atoms with Gasteiger partial charge >= 0.3 is 5.97 Å². The van der Waals surface area contributed by atoms with Crippen molar-refractivity contribution in [1.29, 1.82) is 0 Å². The number of esters is 1. The summed E-state index contributed by atoms with van der Waals surface area (Å²) in [6.07, 6.45) is 2.19. The molecule has 2 aromatic rings. The fourth-order valence-corrected chi connectivity index (χ4v) is 3.42. The first kappa shape index (κ1) is 20.6. The third-order valence-electron chi connectivity index (χ3n) is 4.87. The van der Waals surface area contributed by atoms with Gasteiger partial charge < -0.3 is 15.0 Å². The first-order valence-corrected chi connectivity index (χ1v) is 9.92. The molecule has 1 saturated heterocycles. The van der Waals surface area contributed by atoms with Crippen molar-refractivity contribution in [2.75, 3.05) is 18.4 Å². The maximum atomic E-state index is 13.0. The summed E-state index contributed by atoms with van der Waals surface area (Å²) in [6.45, 7) is 2.84. The Morgan fingerprint density at radius 2 is 1.62 bits per heavy atom. The van der Waals surface area contributed by atoms with Gasteiger partial charge in [-0.3, -0.25) is 14.4 Å². The molecule has 2 amide bonds. The third kappa shape index (κ3) is 5.91. The van der Waals surface area contributed by atoms with Gasteiger partial charge in [-0.2, -0.15) is 0 Å². The average Bonchev–Trinajstić information content (AvgIpc) is 2.74. The molecular weight excluding hydrogens is 368 g/mol. The number of anilines is 1. The van der Waals surface area contributed by atoms with Gasteiger partial charge in [0.15, 0.2) is 0 Å². The average molecular weight is 394 g/mol. The predicted octanol–water partition coefficient (Wildman–Crippen LogP) is 3.48. The quantitative estimate of drug-likeness (QED) is 0.761. The van der Waals surface area contributed by atoms with E-state index in [1.54, 1.807) is 29.2 Å². The second-order valence-electron chi connectivity index (χ2n) is 7.22. The molecule has 6 nitrogen and oxygen atoms in total. The number of piperidine rings is 1. The summed E-state index contributed by atoms with van der Waals surface area (Å²) in [6, 6.07) is 16.1. The summed E-state index contributed by atoms with van der Waals surface area (Å²) >= 11 is 0. The minimum Gasteiger partial charge on any atom is -0.447 e. The van der Waals surface area contributed by atoms with Crippen LogP contribution in [0, 0.1) is 0 Å². The number of carbonyl (C=O) groups excluding carboxylic acids is 3. The van der Waals surface area contributed by atoms with Gasteiger partial charge in [0.2, 0.25) is 12.0 Å². The largest absolute Gasteiger partial charge is 0.447 e. The number of hydrogen-bond acceptors (Lipinski definition) is 4. The van der Waals surface area contributed by atoms with Gasteiger partial charge in [0, 0.05) is 31.3 Å². The van der Waals surface area contributed by atoms with Crippen molar-refractivity contribution in [2.45, 2.75) is 38.7 Å². The summed E-state index contributed by atoms with van der Waals surface area (Å²) < 4.78 is 5.65. The van der Waals surface area contributed by atoms with Crippen LogP contribution in [0.3, 0.4) is 0 Å². The molecular formula is C23H26N2O4. The van der Waals surface area contributed by atoms with Gasteiger partial charge in [0.1, 0.15) is 0 Å². The van der Waals surface area contributed by atoms with E-state index in [-0.39, 0.29) is 18.2 Å². The van der Waals surface area contributed by atoms with E-state index in [0.717, 1.165) is 24.8 Å². The molecule has 1 atom stereocenters. The highest BCUT2D eigenvalue weighted by Gasteiger charge is 2.30. The molecule has 2 aromatic carbocycles. The monoisotopic (exact) mass is 394 g/mol. The second-order valence-corrected chi connectivity index (χ2v) is 7.22. The maximum absolute atomic E-state index is 13.0. The van der Waals surface area contributed by atoms with Gasteiger partial charge in [-0.25, -0.2) is 0 Å². The molecule has 1 aliphatic rings. The highest BCUT2D eigenvalue weighted by molar-refractivity contribution is 5.89. The fourth-order valence-electron chi connectivity index (χ4n) is 3.42. The Bertz CT molecular complexity index is 843. The molecule has 0 aliphatic carbocycles. The molecule has 1 fully saturated rings. The Kier molecular flexibility index (Phi) is 7.00. The van der Waals surface area contributed by atoms with Crippen molar-refractivity contribution in [3.05, 3.63) is 65.7 Å². The van der Waals surface area contributed by atoms with Crippen LogP contribution in [0.15, 0.2) is 54.6 Å². The Hall–Kier alpha value is -3.15. The molecule has 0 saturated carbocycles. The van der Waals surface area contributed by atoms with E-state index in [2.05, 4.69) is 5.32 Å². The van der Waals surface area contributed by atoms with Gasteiger partial charge in [-0.05, 0) is 37.0 Å². The summed E-state index contributed by atoms with van der Waals surface area (Å²) in [4.78, 5) is 38.5. The molecule has 0 unspecified atom stereocenters. The molecule has 1 aliphatic heterocycles. The molecule has 1 heterocycles. The van der Waals surface area contributed by atoms with E-state index in [1.165, 1.54) is 6.92 Å².